The lowest BCUT2D eigenvalue weighted by Gasteiger charge is -2.32. The largest absolute Gasteiger partial charge is 0.324 e. The van der Waals surface area contributed by atoms with Gasteiger partial charge in [-0.15, -0.1) is 0 Å². The van der Waals surface area contributed by atoms with Crippen molar-refractivity contribution in [2.75, 3.05) is 13.1 Å². The minimum atomic E-state index is -0.313. The molecule has 2 atom stereocenters. The van der Waals surface area contributed by atoms with E-state index >= 15 is 0 Å². The predicted octanol–water partition coefficient (Wildman–Crippen LogP) is 2.37. The average molecular weight is 281 g/mol. The van der Waals surface area contributed by atoms with Gasteiger partial charge in [-0.25, -0.2) is 0 Å². The molecule has 1 aromatic heterocycles. The van der Waals surface area contributed by atoms with Crippen LogP contribution in [0.15, 0.2) is 12.1 Å². The first-order chi connectivity index (χ1) is 9.24. The van der Waals surface area contributed by atoms with E-state index in [1.807, 2.05) is 6.07 Å². The molecule has 0 amide bonds. The third-order valence-corrected chi connectivity index (χ3v) is 5.26. The standard InChI is InChI=1S/C13H19N3O2S/c17-16(18)13-5-4-10(19-13)9-14-11-6-8-15-7-2-1-3-12(11)15/h4-5,11-12,14H,1-3,6-9H2. The highest BCUT2D eigenvalue weighted by Crippen LogP contribution is 2.28. The van der Waals surface area contributed by atoms with E-state index in [0.717, 1.165) is 11.4 Å². The highest BCUT2D eigenvalue weighted by molar-refractivity contribution is 7.15. The van der Waals surface area contributed by atoms with Gasteiger partial charge in [-0.3, -0.25) is 15.0 Å². The second-order valence-electron chi connectivity index (χ2n) is 5.37. The minimum Gasteiger partial charge on any atom is -0.307 e. The first kappa shape index (κ1) is 13.0. The molecule has 5 nitrogen and oxygen atoms in total. The number of piperidine rings is 1. The van der Waals surface area contributed by atoms with E-state index in [1.54, 1.807) is 6.07 Å². The first-order valence-electron chi connectivity index (χ1n) is 6.94. The fourth-order valence-corrected chi connectivity index (χ4v) is 4.05. The Morgan fingerprint density at radius 3 is 3.05 bits per heavy atom. The molecule has 0 spiro atoms. The van der Waals surface area contributed by atoms with E-state index in [0.29, 0.717) is 12.1 Å². The second-order valence-corrected chi connectivity index (χ2v) is 6.52. The zero-order valence-electron chi connectivity index (χ0n) is 10.9. The number of hydrogen-bond acceptors (Lipinski definition) is 5. The van der Waals surface area contributed by atoms with E-state index in [2.05, 4.69) is 10.2 Å². The van der Waals surface area contributed by atoms with Crippen LogP contribution in [-0.4, -0.2) is 35.0 Å². The quantitative estimate of drug-likeness (QED) is 0.680. The van der Waals surface area contributed by atoms with Crippen molar-refractivity contribution in [3.63, 3.8) is 0 Å². The molecule has 2 saturated heterocycles. The molecule has 1 aromatic rings. The first-order valence-corrected chi connectivity index (χ1v) is 7.76. The van der Waals surface area contributed by atoms with Crippen LogP contribution in [0.2, 0.25) is 0 Å². The van der Waals surface area contributed by atoms with Crippen molar-refractivity contribution in [3.8, 4) is 0 Å². The summed E-state index contributed by atoms with van der Waals surface area (Å²) in [6, 6.07) is 4.71. The molecule has 3 heterocycles. The molecule has 0 bridgehead atoms. The van der Waals surface area contributed by atoms with Crippen molar-refractivity contribution in [3.05, 3.63) is 27.1 Å². The van der Waals surface area contributed by atoms with Crippen molar-refractivity contribution in [2.45, 2.75) is 44.3 Å². The van der Waals surface area contributed by atoms with Crippen LogP contribution in [0, 0.1) is 10.1 Å². The maximum atomic E-state index is 10.7. The summed E-state index contributed by atoms with van der Waals surface area (Å²) in [5.41, 5.74) is 0. The fraction of sp³-hybridized carbons (Fsp3) is 0.692. The van der Waals surface area contributed by atoms with Gasteiger partial charge in [0.05, 0.1) is 4.92 Å². The lowest BCUT2D eigenvalue weighted by molar-refractivity contribution is -0.380. The van der Waals surface area contributed by atoms with Gasteiger partial charge in [-0.1, -0.05) is 17.8 Å². The molecule has 6 heteroatoms. The van der Waals surface area contributed by atoms with Crippen LogP contribution in [0.1, 0.15) is 30.6 Å². The van der Waals surface area contributed by atoms with Crippen LogP contribution < -0.4 is 5.32 Å². The summed E-state index contributed by atoms with van der Waals surface area (Å²) >= 11 is 1.28. The molecule has 2 unspecified atom stereocenters. The fourth-order valence-electron chi connectivity index (χ4n) is 3.28. The Morgan fingerprint density at radius 1 is 1.37 bits per heavy atom. The SMILES string of the molecule is O=[N+]([O-])c1ccc(CNC2CCN3CCCCC23)s1. The zero-order chi connectivity index (χ0) is 13.2. The number of hydrogen-bond donors (Lipinski definition) is 1. The molecular formula is C13H19N3O2S. The zero-order valence-corrected chi connectivity index (χ0v) is 11.7. The van der Waals surface area contributed by atoms with Crippen LogP contribution >= 0.6 is 11.3 Å². The maximum absolute atomic E-state index is 10.7. The smallest absolute Gasteiger partial charge is 0.307 e. The summed E-state index contributed by atoms with van der Waals surface area (Å²) in [4.78, 5) is 14.0. The van der Waals surface area contributed by atoms with E-state index < -0.39 is 0 Å². The Bertz CT molecular complexity index is 462. The summed E-state index contributed by atoms with van der Waals surface area (Å²) < 4.78 is 0. The number of thiophene rings is 1. The Balaban J connectivity index is 1.55. The molecule has 0 saturated carbocycles. The molecule has 0 radical (unpaired) electrons. The minimum absolute atomic E-state index is 0.238. The van der Waals surface area contributed by atoms with Gasteiger partial charge in [0.1, 0.15) is 0 Å². The molecule has 1 N–H and O–H groups in total. The topological polar surface area (TPSA) is 58.4 Å². The van der Waals surface area contributed by atoms with Crippen LogP contribution in [-0.2, 0) is 6.54 Å². The van der Waals surface area contributed by atoms with Gasteiger partial charge in [0.2, 0.25) is 0 Å². The van der Waals surface area contributed by atoms with E-state index in [9.17, 15) is 10.1 Å². The monoisotopic (exact) mass is 281 g/mol. The average Bonchev–Trinajstić information content (AvgIpc) is 3.03. The molecule has 19 heavy (non-hydrogen) atoms. The molecule has 104 valence electrons. The summed E-state index contributed by atoms with van der Waals surface area (Å²) in [5.74, 6) is 0. The Hall–Kier alpha value is -0.980. The Labute approximate surface area is 116 Å². The van der Waals surface area contributed by atoms with Crippen molar-refractivity contribution in [1.82, 2.24) is 10.2 Å². The van der Waals surface area contributed by atoms with Crippen molar-refractivity contribution >= 4 is 16.3 Å². The van der Waals surface area contributed by atoms with Crippen molar-refractivity contribution in [2.24, 2.45) is 0 Å². The highest BCUT2D eigenvalue weighted by atomic mass is 32.1. The van der Waals surface area contributed by atoms with Crippen LogP contribution in [0.25, 0.3) is 0 Å². The lowest BCUT2D eigenvalue weighted by Crippen LogP contribution is -2.44. The summed E-state index contributed by atoms with van der Waals surface area (Å²) in [6.45, 7) is 3.20. The second kappa shape index (κ2) is 5.56. The van der Waals surface area contributed by atoms with E-state index in [1.165, 1.54) is 50.1 Å². The number of nitrogens with one attached hydrogen (secondary N) is 1. The normalized spacial score (nSPS) is 27.4. The molecule has 2 aliphatic heterocycles. The van der Waals surface area contributed by atoms with E-state index in [-0.39, 0.29) is 9.92 Å². The molecular weight excluding hydrogens is 262 g/mol. The molecule has 3 rings (SSSR count). The highest BCUT2D eigenvalue weighted by Gasteiger charge is 2.34. The van der Waals surface area contributed by atoms with Gasteiger partial charge in [0, 0.05) is 36.1 Å². The molecule has 2 fully saturated rings. The van der Waals surface area contributed by atoms with Gasteiger partial charge in [-0.05, 0) is 31.9 Å². The van der Waals surface area contributed by atoms with Crippen LogP contribution in [0.3, 0.4) is 0 Å². The van der Waals surface area contributed by atoms with Gasteiger partial charge < -0.3 is 5.32 Å². The number of nitro groups is 1. The molecule has 2 aliphatic rings. The van der Waals surface area contributed by atoms with Gasteiger partial charge in [0.25, 0.3) is 0 Å². The predicted molar refractivity (Wildman–Crippen MR) is 75.4 cm³/mol. The number of nitrogens with zero attached hydrogens (tertiary/aromatic N) is 2. The van der Waals surface area contributed by atoms with Crippen LogP contribution in [0.4, 0.5) is 5.00 Å². The van der Waals surface area contributed by atoms with Crippen LogP contribution in [0.5, 0.6) is 0 Å². The van der Waals surface area contributed by atoms with Gasteiger partial charge >= 0.3 is 5.00 Å². The number of rotatable bonds is 4. The Kier molecular flexibility index (Phi) is 3.81. The Morgan fingerprint density at radius 2 is 2.26 bits per heavy atom. The third kappa shape index (κ3) is 2.80. The van der Waals surface area contributed by atoms with Gasteiger partial charge in [-0.2, -0.15) is 0 Å². The maximum Gasteiger partial charge on any atom is 0.324 e. The summed E-state index contributed by atoms with van der Waals surface area (Å²) in [5, 5.41) is 14.5. The molecule has 0 aliphatic carbocycles. The number of fused-ring (bicyclic) bond motifs is 1. The van der Waals surface area contributed by atoms with E-state index in [4.69, 9.17) is 0 Å². The van der Waals surface area contributed by atoms with Crippen molar-refractivity contribution in [1.29, 1.82) is 0 Å². The van der Waals surface area contributed by atoms with Crippen molar-refractivity contribution < 1.29 is 4.92 Å². The summed E-state index contributed by atoms with van der Waals surface area (Å²) in [6.07, 6.45) is 5.17. The molecule has 0 aromatic carbocycles. The lowest BCUT2D eigenvalue weighted by atomic mass is 9.99. The third-order valence-electron chi connectivity index (χ3n) is 4.22. The summed E-state index contributed by atoms with van der Waals surface area (Å²) in [7, 11) is 0. The van der Waals surface area contributed by atoms with Gasteiger partial charge in [0.15, 0.2) is 0 Å².